The van der Waals surface area contributed by atoms with E-state index < -0.39 is 0 Å². The predicted molar refractivity (Wildman–Crippen MR) is 301 cm³/mol. The van der Waals surface area contributed by atoms with Crippen LogP contribution < -0.4 is 9.80 Å². The lowest BCUT2D eigenvalue weighted by Crippen LogP contribution is -2.12. The number of benzene rings is 13. The second-order valence-corrected chi connectivity index (χ2v) is 18.3. The normalized spacial score (nSPS) is 11.7. The number of rotatable bonds is 8. The van der Waals surface area contributed by atoms with Crippen LogP contribution in [-0.4, -0.2) is 0 Å². The Morgan fingerprint density at radius 1 is 0.282 bits per heavy atom. The summed E-state index contributed by atoms with van der Waals surface area (Å²) in [5.74, 6) is 0. The third kappa shape index (κ3) is 6.59. The van der Waals surface area contributed by atoms with Crippen LogP contribution in [0.1, 0.15) is 0 Å². The first-order valence-corrected chi connectivity index (χ1v) is 24.3. The van der Waals surface area contributed by atoms with Crippen molar-refractivity contribution in [1.82, 2.24) is 0 Å². The second kappa shape index (κ2) is 16.7. The van der Waals surface area contributed by atoms with Gasteiger partial charge in [-0.1, -0.05) is 212 Å². The molecule has 0 spiro atoms. The molecular weight excluding hydrogens is 861 g/mol. The standard InChI is InChI=1S/C68H44N2O/c1-4-20-45(21-5-1)46-36-39-51(40-37-46)69(49-24-6-2-7-25-49)61-42-41-58(54-30-14-15-31-55(54)61)64-56-32-16-18-34-59(56)67(60-35-19-17-33-57(60)64)70(50-26-8-3-9-27-50)62-44-48-23-11-13-29-53(48)66-65-52-28-12-10-22-47(52)38-43-63(65)71-68(62)66/h1-44H. The highest BCUT2D eigenvalue weighted by atomic mass is 16.3. The minimum absolute atomic E-state index is 0.857. The summed E-state index contributed by atoms with van der Waals surface area (Å²) in [6, 6.07) is 96.6. The molecule has 0 fully saturated rings. The zero-order valence-electron chi connectivity index (χ0n) is 38.7. The summed E-state index contributed by atoms with van der Waals surface area (Å²) in [5, 5.41) is 13.9. The largest absolute Gasteiger partial charge is 0.454 e. The fourth-order valence-electron chi connectivity index (χ4n) is 11.3. The van der Waals surface area contributed by atoms with E-state index >= 15 is 0 Å². The van der Waals surface area contributed by atoms with Crippen LogP contribution in [0.3, 0.4) is 0 Å². The van der Waals surface area contributed by atoms with Crippen LogP contribution >= 0.6 is 0 Å². The average Bonchev–Trinajstić information content (AvgIpc) is 3.86. The minimum Gasteiger partial charge on any atom is -0.454 e. The van der Waals surface area contributed by atoms with E-state index in [0.717, 1.165) is 72.2 Å². The molecule has 332 valence electrons. The third-order valence-electron chi connectivity index (χ3n) is 14.4. The van der Waals surface area contributed by atoms with Gasteiger partial charge in [0.2, 0.25) is 0 Å². The molecule has 14 aromatic rings. The van der Waals surface area contributed by atoms with Crippen molar-refractivity contribution in [2.24, 2.45) is 0 Å². The van der Waals surface area contributed by atoms with E-state index in [1.807, 2.05) is 0 Å². The minimum atomic E-state index is 0.857. The summed E-state index contributed by atoms with van der Waals surface area (Å²) in [6.07, 6.45) is 0. The molecule has 0 aliphatic rings. The van der Waals surface area contributed by atoms with E-state index in [4.69, 9.17) is 4.42 Å². The maximum Gasteiger partial charge on any atom is 0.160 e. The van der Waals surface area contributed by atoms with Crippen molar-refractivity contribution >= 4 is 110 Å². The maximum atomic E-state index is 7.16. The Hall–Kier alpha value is -9.44. The fraction of sp³-hybridized carbons (Fsp3) is 0. The summed E-state index contributed by atoms with van der Waals surface area (Å²) < 4.78 is 7.16. The molecule has 1 heterocycles. The van der Waals surface area contributed by atoms with Crippen molar-refractivity contribution in [2.75, 3.05) is 9.80 Å². The molecule has 71 heavy (non-hydrogen) atoms. The van der Waals surface area contributed by atoms with Gasteiger partial charge in [-0.05, 0) is 115 Å². The lowest BCUT2D eigenvalue weighted by Gasteiger charge is -2.30. The molecule has 0 atom stereocenters. The molecule has 0 N–H and O–H groups in total. The Kier molecular flexibility index (Phi) is 9.53. The van der Waals surface area contributed by atoms with Gasteiger partial charge in [-0.3, -0.25) is 0 Å². The number of nitrogens with zero attached hydrogens (tertiary/aromatic N) is 2. The Balaban J connectivity index is 1.03. The summed E-state index contributed by atoms with van der Waals surface area (Å²) in [6.45, 7) is 0. The first-order valence-electron chi connectivity index (χ1n) is 24.3. The SMILES string of the molecule is c1ccc(-c2ccc(N(c3ccccc3)c3ccc(-c4c5ccccc5c(N(c5ccccc5)c5cc6ccccc6c6c5oc5ccc7ccccc7c56)c5ccccc45)c4ccccc34)cc2)cc1. The lowest BCUT2D eigenvalue weighted by atomic mass is 9.87. The lowest BCUT2D eigenvalue weighted by molar-refractivity contribution is 0.669. The van der Waals surface area contributed by atoms with Gasteiger partial charge in [0.05, 0.1) is 17.1 Å². The van der Waals surface area contributed by atoms with Crippen LogP contribution in [-0.2, 0) is 0 Å². The Labute approximate surface area is 411 Å². The van der Waals surface area contributed by atoms with Gasteiger partial charge in [-0.2, -0.15) is 0 Å². The molecule has 0 unspecified atom stereocenters. The summed E-state index contributed by atoms with van der Waals surface area (Å²) in [7, 11) is 0. The first-order chi connectivity index (χ1) is 35.3. The molecule has 0 bridgehead atoms. The van der Waals surface area contributed by atoms with Crippen LogP contribution in [0.4, 0.5) is 34.1 Å². The Morgan fingerprint density at radius 2 is 0.761 bits per heavy atom. The molecule has 0 saturated heterocycles. The van der Waals surface area contributed by atoms with E-state index in [0.29, 0.717) is 0 Å². The van der Waals surface area contributed by atoms with Gasteiger partial charge < -0.3 is 14.2 Å². The molecule has 13 aromatic carbocycles. The van der Waals surface area contributed by atoms with Gasteiger partial charge in [-0.15, -0.1) is 0 Å². The van der Waals surface area contributed by atoms with Gasteiger partial charge in [0.1, 0.15) is 5.58 Å². The number of furan rings is 1. The first kappa shape index (κ1) is 40.6. The van der Waals surface area contributed by atoms with Crippen molar-refractivity contribution in [3.63, 3.8) is 0 Å². The van der Waals surface area contributed by atoms with E-state index in [1.54, 1.807) is 0 Å². The molecule has 0 aliphatic heterocycles. The predicted octanol–water partition coefficient (Wildman–Crippen LogP) is 19.6. The molecule has 3 nitrogen and oxygen atoms in total. The number of anilines is 6. The monoisotopic (exact) mass is 904 g/mol. The van der Waals surface area contributed by atoms with Crippen molar-refractivity contribution in [3.05, 3.63) is 267 Å². The maximum absolute atomic E-state index is 7.16. The van der Waals surface area contributed by atoms with E-state index in [-0.39, 0.29) is 0 Å². The topological polar surface area (TPSA) is 19.6 Å². The van der Waals surface area contributed by atoms with Crippen LogP contribution in [0.15, 0.2) is 271 Å². The highest BCUT2D eigenvalue weighted by Gasteiger charge is 2.28. The quantitative estimate of drug-likeness (QED) is 0.142. The number of hydrogen-bond donors (Lipinski definition) is 0. The summed E-state index contributed by atoms with van der Waals surface area (Å²) in [4.78, 5) is 4.85. The number of para-hydroxylation sites is 2. The van der Waals surface area contributed by atoms with Crippen molar-refractivity contribution in [2.45, 2.75) is 0 Å². The molecule has 0 radical (unpaired) electrons. The molecule has 0 aliphatic carbocycles. The molecule has 1 aromatic heterocycles. The van der Waals surface area contributed by atoms with E-state index in [2.05, 4.69) is 277 Å². The van der Waals surface area contributed by atoms with Gasteiger partial charge in [0.25, 0.3) is 0 Å². The van der Waals surface area contributed by atoms with Gasteiger partial charge in [0.15, 0.2) is 5.58 Å². The third-order valence-corrected chi connectivity index (χ3v) is 14.4. The van der Waals surface area contributed by atoms with Crippen molar-refractivity contribution in [1.29, 1.82) is 0 Å². The van der Waals surface area contributed by atoms with E-state index in [1.165, 1.54) is 60.0 Å². The Bertz CT molecular complexity index is 4280. The molecule has 14 rings (SSSR count). The van der Waals surface area contributed by atoms with Crippen molar-refractivity contribution < 1.29 is 4.42 Å². The zero-order valence-corrected chi connectivity index (χ0v) is 38.7. The van der Waals surface area contributed by atoms with Gasteiger partial charge in [-0.25, -0.2) is 0 Å². The molecule has 3 heteroatoms. The van der Waals surface area contributed by atoms with Crippen LogP contribution in [0, 0.1) is 0 Å². The molecule has 0 saturated carbocycles. The second-order valence-electron chi connectivity index (χ2n) is 18.3. The number of fused-ring (bicyclic) bond motifs is 10. The number of hydrogen-bond acceptors (Lipinski definition) is 3. The van der Waals surface area contributed by atoms with Gasteiger partial charge in [0, 0.05) is 44.0 Å². The van der Waals surface area contributed by atoms with Crippen LogP contribution in [0.5, 0.6) is 0 Å². The van der Waals surface area contributed by atoms with E-state index in [9.17, 15) is 0 Å². The highest BCUT2D eigenvalue weighted by molar-refractivity contribution is 6.31. The zero-order chi connectivity index (χ0) is 46.8. The van der Waals surface area contributed by atoms with Crippen LogP contribution in [0.25, 0.3) is 98.1 Å². The highest BCUT2D eigenvalue weighted by Crippen LogP contribution is 2.53. The molecular formula is C68H44N2O. The Morgan fingerprint density at radius 3 is 1.41 bits per heavy atom. The van der Waals surface area contributed by atoms with Gasteiger partial charge >= 0.3 is 0 Å². The summed E-state index contributed by atoms with van der Waals surface area (Å²) in [5.41, 5.74) is 12.9. The molecule has 0 amide bonds. The smallest absolute Gasteiger partial charge is 0.160 e. The average molecular weight is 905 g/mol. The summed E-state index contributed by atoms with van der Waals surface area (Å²) >= 11 is 0. The van der Waals surface area contributed by atoms with Crippen LogP contribution in [0.2, 0.25) is 0 Å². The fourth-order valence-corrected chi connectivity index (χ4v) is 11.3. The van der Waals surface area contributed by atoms with Crippen molar-refractivity contribution in [3.8, 4) is 22.3 Å².